The first-order chi connectivity index (χ1) is 8.70. The highest BCUT2D eigenvalue weighted by atomic mass is 19.1. The second-order valence-corrected chi connectivity index (χ2v) is 4.77. The predicted molar refractivity (Wildman–Crippen MR) is 66.9 cm³/mol. The van der Waals surface area contributed by atoms with E-state index in [4.69, 9.17) is 15.2 Å². The smallest absolute Gasteiger partial charge is 0.171 e. The molecule has 1 aromatic rings. The molecule has 1 spiro atoms. The number of hydrogen-bond acceptors (Lipinski definition) is 4. The van der Waals surface area contributed by atoms with Crippen molar-refractivity contribution in [2.45, 2.75) is 18.6 Å². The molecular weight excluding hydrogens is 235 g/mol. The molecule has 0 radical (unpaired) electrons. The van der Waals surface area contributed by atoms with Crippen molar-refractivity contribution < 1.29 is 13.9 Å². The van der Waals surface area contributed by atoms with Crippen molar-refractivity contribution in [3.63, 3.8) is 0 Å². The van der Waals surface area contributed by atoms with E-state index in [2.05, 4.69) is 4.90 Å². The fraction of sp³-hybridized carbons (Fsp3) is 0.538. The number of para-hydroxylation sites is 1. The average Bonchev–Trinajstić information content (AvgIpc) is 2.83. The summed E-state index contributed by atoms with van der Waals surface area (Å²) in [5.41, 5.74) is 6.77. The Hall–Kier alpha value is -1.33. The summed E-state index contributed by atoms with van der Waals surface area (Å²) in [7, 11) is 0. The molecule has 4 nitrogen and oxygen atoms in total. The number of nitrogens with two attached hydrogens (primary N) is 1. The van der Waals surface area contributed by atoms with Gasteiger partial charge in [-0.1, -0.05) is 6.07 Å². The summed E-state index contributed by atoms with van der Waals surface area (Å²) in [5, 5.41) is 0. The Morgan fingerprint density at radius 1 is 1.17 bits per heavy atom. The Morgan fingerprint density at radius 2 is 1.83 bits per heavy atom. The van der Waals surface area contributed by atoms with Gasteiger partial charge in [-0.3, -0.25) is 0 Å². The molecule has 2 fully saturated rings. The number of anilines is 2. The monoisotopic (exact) mass is 252 g/mol. The molecule has 0 amide bonds. The van der Waals surface area contributed by atoms with E-state index in [1.165, 1.54) is 6.07 Å². The number of hydrogen-bond donors (Lipinski definition) is 1. The van der Waals surface area contributed by atoms with E-state index in [1.54, 1.807) is 6.07 Å². The fourth-order valence-corrected chi connectivity index (χ4v) is 2.68. The normalized spacial score (nSPS) is 22.6. The molecule has 2 heterocycles. The van der Waals surface area contributed by atoms with Gasteiger partial charge in [0.05, 0.1) is 24.6 Å². The van der Waals surface area contributed by atoms with Crippen molar-refractivity contribution >= 4 is 11.4 Å². The lowest BCUT2D eigenvalue weighted by molar-refractivity contribution is -0.169. The second-order valence-electron chi connectivity index (χ2n) is 4.77. The maximum atomic E-state index is 13.4. The van der Waals surface area contributed by atoms with E-state index >= 15 is 0 Å². The zero-order valence-electron chi connectivity index (χ0n) is 10.2. The van der Waals surface area contributed by atoms with Gasteiger partial charge in [0.2, 0.25) is 0 Å². The van der Waals surface area contributed by atoms with Crippen molar-refractivity contribution in [2.24, 2.45) is 0 Å². The van der Waals surface area contributed by atoms with Crippen LogP contribution in [0.2, 0.25) is 0 Å². The Labute approximate surface area is 105 Å². The summed E-state index contributed by atoms with van der Waals surface area (Å²) in [5.74, 6) is -0.764. The highest BCUT2D eigenvalue weighted by Crippen LogP contribution is 2.35. The van der Waals surface area contributed by atoms with Crippen LogP contribution >= 0.6 is 0 Å². The molecule has 2 aliphatic heterocycles. The molecule has 2 N–H and O–H groups in total. The summed E-state index contributed by atoms with van der Waals surface area (Å²) in [4.78, 5) is 2.09. The summed E-state index contributed by atoms with van der Waals surface area (Å²) in [6.07, 6.45) is 1.59. The van der Waals surface area contributed by atoms with E-state index in [1.807, 2.05) is 6.07 Å². The topological polar surface area (TPSA) is 47.7 Å². The van der Waals surface area contributed by atoms with E-state index in [0.717, 1.165) is 31.6 Å². The van der Waals surface area contributed by atoms with Gasteiger partial charge in [-0.2, -0.15) is 0 Å². The standard InChI is InChI=1S/C13H17FN2O2/c14-10-2-1-3-11(12(10)15)16-6-4-13(5-7-16)17-8-9-18-13/h1-3H,4-9,15H2. The minimum atomic E-state index is -0.404. The van der Waals surface area contributed by atoms with Crippen molar-refractivity contribution in [3.8, 4) is 0 Å². The lowest BCUT2D eigenvalue weighted by Gasteiger charge is -2.39. The van der Waals surface area contributed by atoms with Gasteiger partial charge in [0.15, 0.2) is 5.79 Å². The van der Waals surface area contributed by atoms with Gasteiger partial charge in [0, 0.05) is 25.9 Å². The van der Waals surface area contributed by atoms with E-state index in [9.17, 15) is 4.39 Å². The summed E-state index contributed by atoms with van der Waals surface area (Å²) < 4.78 is 24.8. The van der Waals surface area contributed by atoms with Crippen LogP contribution in [0.25, 0.3) is 0 Å². The van der Waals surface area contributed by atoms with Gasteiger partial charge in [-0.15, -0.1) is 0 Å². The number of rotatable bonds is 1. The molecule has 0 saturated carbocycles. The minimum Gasteiger partial charge on any atom is -0.395 e. The predicted octanol–water partition coefficient (Wildman–Crippen LogP) is 1.75. The van der Waals surface area contributed by atoms with Crippen LogP contribution in [0.3, 0.4) is 0 Å². The van der Waals surface area contributed by atoms with Crippen LogP contribution in [0.15, 0.2) is 18.2 Å². The van der Waals surface area contributed by atoms with E-state index in [-0.39, 0.29) is 11.5 Å². The summed E-state index contributed by atoms with van der Waals surface area (Å²) in [6.45, 7) is 2.88. The van der Waals surface area contributed by atoms with E-state index < -0.39 is 5.79 Å². The van der Waals surface area contributed by atoms with Crippen molar-refractivity contribution in [1.82, 2.24) is 0 Å². The minimum absolute atomic E-state index is 0.224. The molecule has 0 unspecified atom stereocenters. The number of nitrogens with zero attached hydrogens (tertiary/aromatic N) is 1. The van der Waals surface area contributed by atoms with Crippen LogP contribution < -0.4 is 10.6 Å². The van der Waals surface area contributed by atoms with Crippen LogP contribution in [0, 0.1) is 5.82 Å². The maximum Gasteiger partial charge on any atom is 0.171 e. The first-order valence-corrected chi connectivity index (χ1v) is 6.27. The van der Waals surface area contributed by atoms with Crippen LogP contribution in [-0.4, -0.2) is 32.1 Å². The van der Waals surface area contributed by atoms with Gasteiger partial charge in [-0.25, -0.2) is 4.39 Å². The first kappa shape index (κ1) is 11.7. The molecule has 98 valence electrons. The average molecular weight is 252 g/mol. The van der Waals surface area contributed by atoms with Gasteiger partial charge in [0.25, 0.3) is 0 Å². The molecule has 0 aromatic heterocycles. The van der Waals surface area contributed by atoms with Gasteiger partial charge >= 0.3 is 0 Å². The van der Waals surface area contributed by atoms with Crippen LogP contribution in [0.1, 0.15) is 12.8 Å². The number of ether oxygens (including phenoxy) is 2. The molecule has 3 rings (SSSR count). The fourth-order valence-electron chi connectivity index (χ4n) is 2.68. The Balaban J connectivity index is 1.74. The van der Waals surface area contributed by atoms with Crippen LogP contribution in [0.4, 0.5) is 15.8 Å². The SMILES string of the molecule is Nc1c(F)cccc1N1CCC2(CC1)OCCO2. The third-order valence-corrected chi connectivity index (χ3v) is 3.71. The molecule has 2 aliphatic rings. The largest absolute Gasteiger partial charge is 0.395 e. The van der Waals surface area contributed by atoms with Crippen LogP contribution in [-0.2, 0) is 9.47 Å². The van der Waals surface area contributed by atoms with Crippen molar-refractivity contribution in [2.75, 3.05) is 36.9 Å². The Bertz CT molecular complexity index is 437. The highest BCUT2D eigenvalue weighted by Gasteiger charge is 2.40. The molecular formula is C13H17FN2O2. The lowest BCUT2D eigenvalue weighted by atomic mass is 10.0. The summed E-state index contributed by atoms with van der Waals surface area (Å²) in [6, 6.07) is 4.92. The molecule has 1 aromatic carbocycles. The Kier molecular flexibility index (Phi) is 2.87. The molecule has 0 atom stereocenters. The van der Waals surface area contributed by atoms with Crippen LogP contribution in [0.5, 0.6) is 0 Å². The third-order valence-electron chi connectivity index (χ3n) is 3.71. The van der Waals surface area contributed by atoms with Gasteiger partial charge in [0.1, 0.15) is 5.82 Å². The van der Waals surface area contributed by atoms with Gasteiger partial charge in [-0.05, 0) is 12.1 Å². The zero-order valence-corrected chi connectivity index (χ0v) is 10.2. The lowest BCUT2D eigenvalue weighted by Crippen LogP contribution is -2.45. The molecule has 18 heavy (non-hydrogen) atoms. The Morgan fingerprint density at radius 3 is 2.50 bits per heavy atom. The van der Waals surface area contributed by atoms with E-state index in [0.29, 0.717) is 13.2 Å². The molecule has 2 saturated heterocycles. The number of piperidine rings is 1. The number of halogens is 1. The maximum absolute atomic E-state index is 13.4. The van der Waals surface area contributed by atoms with Crippen molar-refractivity contribution in [1.29, 1.82) is 0 Å². The summed E-state index contributed by atoms with van der Waals surface area (Å²) >= 11 is 0. The molecule has 0 aliphatic carbocycles. The first-order valence-electron chi connectivity index (χ1n) is 6.27. The van der Waals surface area contributed by atoms with Gasteiger partial charge < -0.3 is 20.1 Å². The number of benzene rings is 1. The quantitative estimate of drug-likeness (QED) is 0.774. The highest BCUT2D eigenvalue weighted by molar-refractivity contribution is 5.68. The third kappa shape index (κ3) is 1.93. The van der Waals surface area contributed by atoms with Crippen molar-refractivity contribution in [3.05, 3.63) is 24.0 Å². The number of nitrogen functional groups attached to an aromatic ring is 1. The zero-order chi connectivity index (χ0) is 12.6. The second kappa shape index (κ2) is 4.40. The molecule has 5 heteroatoms. The molecule has 0 bridgehead atoms.